The first-order valence-electron chi connectivity index (χ1n) is 3.62. The Morgan fingerprint density at radius 2 is 1.92 bits per heavy atom. The average Bonchev–Trinajstić information content (AvgIpc) is 1.85. The van der Waals surface area contributed by atoms with Crippen LogP contribution >= 0.6 is 7.60 Å². The van der Waals surface area contributed by atoms with E-state index in [1.807, 2.05) is 0 Å². The van der Waals surface area contributed by atoms with Gasteiger partial charge in [-0.15, -0.1) is 0 Å². The summed E-state index contributed by atoms with van der Waals surface area (Å²) < 4.78 is 19.6. The van der Waals surface area contributed by atoms with Crippen molar-refractivity contribution in [3.63, 3.8) is 0 Å². The van der Waals surface area contributed by atoms with Crippen LogP contribution in [0.25, 0.3) is 0 Å². The molecule has 0 rings (SSSR count). The van der Waals surface area contributed by atoms with Crippen LogP contribution in [0.5, 0.6) is 0 Å². The third-order valence-corrected chi connectivity index (χ3v) is 2.25. The molecule has 0 aromatic heterocycles. The number of hydrogen-bond donors (Lipinski definition) is 0. The molecular formula is C6H12LiO5P. The van der Waals surface area contributed by atoms with E-state index in [9.17, 15) is 14.3 Å². The predicted molar refractivity (Wildman–Crippen MR) is 40.7 cm³/mol. The number of ether oxygens (including phenoxy) is 1. The largest absolute Gasteiger partial charge is 1.00 e. The van der Waals surface area contributed by atoms with Crippen molar-refractivity contribution in [1.29, 1.82) is 0 Å². The predicted octanol–water partition coefficient (Wildman–Crippen LogP) is -2.86. The monoisotopic (exact) mass is 202 g/mol. The fourth-order valence-electron chi connectivity index (χ4n) is 0.607. The van der Waals surface area contributed by atoms with Crippen molar-refractivity contribution in [3.8, 4) is 0 Å². The van der Waals surface area contributed by atoms with E-state index in [0.29, 0.717) is 0 Å². The summed E-state index contributed by atoms with van der Waals surface area (Å²) in [7, 11) is -4.00. The maximum Gasteiger partial charge on any atom is 1.00 e. The SMILES string of the molecule is CCOC(=O)CP(=O)([O-])OCC.[Li+]. The quantitative estimate of drug-likeness (QED) is 0.272. The molecule has 72 valence electrons. The third kappa shape index (κ3) is 8.54. The van der Waals surface area contributed by atoms with E-state index < -0.39 is 19.7 Å². The van der Waals surface area contributed by atoms with Gasteiger partial charge in [-0.2, -0.15) is 0 Å². The molecule has 0 heterocycles. The van der Waals surface area contributed by atoms with Gasteiger partial charge in [-0.1, -0.05) is 0 Å². The van der Waals surface area contributed by atoms with Crippen molar-refractivity contribution in [2.24, 2.45) is 0 Å². The van der Waals surface area contributed by atoms with Crippen molar-refractivity contribution < 1.29 is 42.4 Å². The van der Waals surface area contributed by atoms with Gasteiger partial charge in [-0.25, -0.2) is 0 Å². The molecule has 1 unspecified atom stereocenters. The summed E-state index contributed by atoms with van der Waals surface area (Å²) in [5.74, 6) is -0.774. The normalized spacial score (nSPS) is 14.1. The zero-order valence-electron chi connectivity index (χ0n) is 8.11. The van der Waals surface area contributed by atoms with Crippen LogP contribution in [0.3, 0.4) is 0 Å². The maximum absolute atomic E-state index is 10.8. The van der Waals surface area contributed by atoms with Crippen molar-refractivity contribution >= 4 is 13.6 Å². The van der Waals surface area contributed by atoms with E-state index in [4.69, 9.17) is 0 Å². The van der Waals surface area contributed by atoms with Gasteiger partial charge in [0.1, 0.15) is 13.8 Å². The Labute approximate surface area is 89.5 Å². The summed E-state index contributed by atoms with van der Waals surface area (Å²) >= 11 is 0. The number of carbonyl (C=O) groups excluding carboxylic acids is 1. The Kier molecular flexibility index (Phi) is 9.17. The van der Waals surface area contributed by atoms with Crippen molar-refractivity contribution in [2.75, 3.05) is 19.4 Å². The molecular weight excluding hydrogens is 190 g/mol. The summed E-state index contributed by atoms with van der Waals surface area (Å²) in [6.07, 6.45) is -0.686. The first kappa shape index (κ1) is 15.7. The second kappa shape index (κ2) is 7.61. The smallest absolute Gasteiger partial charge is 0.778 e. The molecule has 7 heteroatoms. The van der Waals surface area contributed by atoms with Crippen LogP contribution in [0.15, 0.2) is 0 Å². The first-order chi connectivity index (χ1) is 5.52. The molecule has 0 saturated heterocycles. The molecule has 0 radical (unpaired) electrons. The van der Waals surface area contributed by atoms with Crippen LogP contribution in [0, 0.1) is 0 Å². The first-order valence-corrected chi connectivity index (χ1v) is 5.35. The summed E-state index contributed by atoms with van der Waals surface area (Å²) in [4.78, 5) is 21.5. The van der Waals surface area contributed by atoms with Crippen LogP contribution in [0.4, 0.5) is 0 Å². The van der Waals surface area contributed by atoms with E-state index in [-0.39, 0.29) is 32.1 Å². The molecule has 0 fully saturated rings. The van der Waals surface area contributed by atoms with Crippen molar-refractivity contribution in [1.82, 2.24) is 0 Å². The molecule has 0 amide bonds. The number of carbonyl (C=O) groups is 1. The summed E-state index contributed by atoms with van der Waals surface area (Å²) in [6, 6.07) is 0. The van der Waals surface area contributed by atoms with Crippen LogP contribution < -0.4 is 23.8 Å². The van der Waals surface area contributed by atoms with Gasteiger partial charge < -0.3 is 18.7 Å². The van der Waals surface area contributed by atoms with Gasteiger partial charge in [0.15, 0.2) is 0 Å². The van der Waals surface area contributed by atoms with Gasteiger partial charge in [0.05, 0.1) is 13.2 Å². The van der Waals surface area contributed by atoms with Gasteiger partial charge in [-0.05, 0) is 13.8 Å². The summed E-state index contributed by atoms with van der Waals surface area (Å²) in [5, 5.41) is 0. The minimum Gasteiger partial charge on any atom is -0.778 e. The second-order valence-corrected chi connectivity index (χ2v) is 3.79. The van der Waals surface area contributed by atoms with Crippen molar-refractivity contribution in [3.05, 3.63) is 0 Å². The zero-order chi connectivity index (χ0) is 9.61. The topological polar surface area (TPSA) is 75.7 Å². The molecule has 0 bridgehead atoms. The molecule has 0 saturated carbocycles. The molecule has 0 aromatic carbocycles. The molecule has 5 nitrogen and oxygen atoms in total. The molecule has 0 aliphatic carbocycles. The van der Waals surface area contributed by atoms with Gasteiger partial charge in [0.2, 0.25) is 0 Å². The summed E-state index contributed by atoms with van der Waals surface area (Å²) in [6.45, 7) is 3.36. The molecule has 1 atom stereocenters. The van der Waals surface area contributed by atoms with Crippen LogP contribution in [-0.4, -0.2) is 25.3 Å². The van der Waals surface area contributed by atoms with E-state index >= 15 is 0 Å². The van der Waals surface area contributed by atoms with Gasteiger partial charge in [0.25, 0.3) is 0 Å². The van der Waals surface area contributed by atoms with Crippen molar-refractivity contribution in [2.45, 2.75) is 13.8 Å². The van der Waals surface area contributed by atoms with Crippen LogP contribution in [0.2, 0.25) is 0 Å². The number of esters is 1. The molecule has 0 spiro atoms. The van der Waals surface area contributed by atoms with E-state index in [1.165, 1.54) is 6.92 Å². The third-order valence-electron chi connectivity index (χ3n) is 0.954. The Bertz CT molecular complexity index is 195. The number of hydrogen-bond acceptors (Lipinski definition) is 5. The van der Waals surface area contributed by atoms with Crippen LogP contribution in [0.1, 0.15) is 13.8 Å². The molecule has 0 aromatic rings. The molecule has 0 aliphatic heterocycles. The minimum absolute atomic E-state index is 0. The standard InChI is InChI=1S/C6H13O5P.Li/c1-3-10-6(7)5-12(8,9)11-4-2;/h3-5H2,1-2H3,(H,8,9);/q;+1/p-1. The van der Waals surface area contributed by atoms with Gasteiger partial charge in [-0.3, -0.25) is 4.79 Å². The van der Waals surface area contributed by atoms with E-state index in [1.54, 1.807) is 6.92 Å². The molecule has 13 heavy (non-hydrogen) atoms. The fourth-order valence-corrected chi connectivity index (χ4v) is 1.50. The molecule has 0 N–H and O–H groups in total. The van der Waals surface area contributed by atoms with Gasteiger partial charge in [0, 0.05) is 0 Å². The Morgan fingerprint density at radius 3 is 2.31 bits per heavy atom. The van der Waals surface area contributed by atoms with E-state index in [0.717, 1.165) is 0 Å². The van der Waals surface area contributed by atoms with E-state index in [2.05, 4.69) is 9.26 Å². The zero-order valence-corrected chi connectivity index (χ0v) is 9.00. The van der Waals surface area contributed by atoms with Gasteiger partial charge >= 0.3 is 24.8 Å². The second-order valence-electron chi connectivity index (χ2n) is 1.99. The minimum atomic E-state index is -4.00. The fraction of sp³-hybridized carbons (Fsp3) is 0.833. The number of rotatable bonds is 5. The van der Waals surface area contributed by atoms with Crippen LogP contribution in [-0.2, 0) is 18.6 Å². The molecule has 0 aliphatic rings. The Morgan fingerprint density at radius 1 is 1.38 bits per heavy atom. The maximum atomic E-state index is 10.8. The Balaban J connectivity index is 0. The average molecular weight is 202 g/mol. The Hall–Kier alpha value is 0.217. The summed E-state index contributed by atoms with van der Waals surface area (Å²) in [5.41, 5.74) is 0.